The third-order valence-electron chi connectivity index (χ3n) is 1.89. The van der Waals surface area contributed by atoms with Crippen LogP contribution in [-0.4, -0.2) is 5.54 Å². The highest BCUT2D eigenvalue weighted by atomic mass is 14.7. The molecular weight excluding hydrogens is 170 g/mol. The highest BCUT2D eigenvalue weighted by Gasteiger charge is 2.03. The van der Waals surface area contributed by atoms with Crippen LogP contribution in [0.4, 0.5) is 0 Å². The number of hydrogen-bond acceptors (Lipinski definition) is 1. The predicted octanol–water partition coefficient (Wildman–Crippen LogP) is 2.34. The lowest BCUT2D eigenvalue weighted by Crippen LogP contribution is -2.29. The fraction of sp³-hybridized carbons (Fsp3) is 0.385. The maximum atomic E-state index is 5.77. The van der Waals surface area contributed by atoms with E-state index in [2.05, 4.69) is 30.9 Å². The van der Waals surface area contributed by atoms with Gasteiger partial charge in [0.05, 0.1) is 5.54 Å². The fourth-order valence-corrected chi connectivity index (χ4v) is 1.06. The van der Waals surface area contributed by atoms with Crippen LogP contribution in [0.1, 0.15) is 31.9 Å². The summed E-state index contributed by atoms with van der Waals surface area (Å²) in [6.45, 7) is 5.95. The topological polar surface area (TPSA) is 26.0 Å². The average molecular weight is 187 g/mol. The Morgan fingerprint density at radius 2 is 1.79 bits per heavy atom. The Hall–Kier alpha value is -1.26. The Balaban J connectivity index is 2.82. The first kappa shape index (κ1) is 10.8. The summed E-state index contributed by atoms with van der Waals surface area (Å²) in [6.07, 6.45) is 1.07. The van der Waals surface area contributed by atoms with Crippen molar-refractivity contribution in [2.45, 2.75) is 32.7 Å². The van der Waals surface area contributed by atoms with Crippen LogP contribution in [0.2, 0.25) is 0 Å². The first-order valence-corrected chi connectivity index (χ1v) is 4.92. The summed E-state index contributed by atoms with van der Waals surface area (Å²) in [5.41, 5.74) is 7.72. The van der Waals surface area contributed by atoms with Crippen molar-refractivity contribution < 1.29 is 0 Å². The third kappa shape index (κ3) is 3.64. The Kier molecular flexibility index (Phi) is 3.33. The molecule has 0 aliphatic heterocycles. The number of rotatable bonds is 1. The highest BCUT2D eigenvalue weighted by Crippen LogP contribution is 2.04. The molecule has 0 saturated heterocycles. The quantitative estimate of drug-likeness (QED) is 0.671. The second-order valence-corrected chi connectivity index (χ2v) is 4.02. The Morgan fingerprint density at radius 3 is 2.21 bits per heavy atom. The zero-order valence-corrected chi connectivity index (χ0v) is 9.09. The maximum absolute atomic E-state index is 5.77. The summed E-state index contributed by atoms with van der Waals surface area (Å²) in [5, 5.41) is 0. The van der Waals surface area contributed by atoms with Gasteiger partial charge in [0.2, 0.25) is 0 Å². The summed E-state index contributed by atoms with van der Waals surface area (Å²) < 4.78 is 0. The lowest BCUT2D eigenvalue weighted by Gasteiger charge is -2.07. The number of aryl methyl sites for hydroxylation is 1. The van der Waals surface area contributed by atoms with Crippen LogP contribution in [0.25, 0.3) is 0 Å². The molecule has 0 spiro atoms. The molecule has 1 nitrogen and oxygen atoms in total. The normalized spacial score (nSPS) is 10.6. The van der Waals surface area contributed by atoms with E-state index in [0.717, 1.165) is 12.0 Å². The number of benzene rings is 1. The molecule has 1 heteroatoms. The molecular formula is C13H17N. The van der Waals surface area contributed by atoms with Crippen molar-refractivity contribution in [1.82, 2.24) is 0 Å². The van der Waals surface area contributed by atoms with E-state index in [1.165, 1.54) is 5.56 Å². The van der Waals surface area contributed by atoms with E-state index >= 15 is 0 Å². The predicted molar refractivity (Wildman–Crippen MR) is 61.0 cm³/mol. The summed E-state index contributed by atoms with van der Waals surface area (Å²) in [7, 11) is 0. The maximum Gasteiger partial charge on any atom is 0.0722 e. The number of nitrogens with two attached hydrogens (primary N) is 1. The van der Waals surface area contributed by atoms with E-state index in [4.69, 9.17) is 5.73 Å². The Bertz CT molecular complexity index is 344. The number of hydrogen-bond donors (Lipinski definition) is 1. The standard InChI is InChI=1S/C13H17N/c1-4-11-5-7-12(8-6-11)9-10-13(2,3)14/h5-8H,4,14H2,1-3H3. The van der Waals surface area contributed by atoms with Crippen molar-refractivity contribution in [1.29, 1.82) is 0 Å². The van der Waals surface area contributed by atoms with Crippen molar-refractivity contribution >= 4 is 0 Å². The molecule has 0 fully saturated rings. The van der Waals surface area contributed by atoms with Gasteiger partial charge in [0.1, 0.15) is 0 Å². The SMILES string of the molecule is CCc1ccc(C#CC(C)(C)N)cc1. The van der Waals surface area contributed by atoms with Crippen molar-refractivity contribution in [3.63, 3.8) is 0 Å². The van der Waals surface area contributed by atoms with Crippen molar-refractivity contribution in [3.05, 3.63) is 35.4 Å². The molecule has 1 aromatic carbocycles. The Morgan fingerprint density at radius 1 is 1.21 bits per heavy atom. The van der Waals surface area contributed by atoms with E-state index in [1.807, 2.05) is 26.0 Å². The van der Waals surface area contributed by atoms with E-state index in [0.29, 0.717) is 0 Å². The molecule has 2 N–H and O–H groups in total. The third-order valence-corrected chi connectivity index (χ3v) is 1.89. The van der Waals surface area contributed by atoms with Gasteiger partial charge in [-0.2, -0.15) is 0 Å². The van der Waals surface area contributed by atoms with Gasteiger partial charge in [-0.15, -0.1) is 0 Å². The van der Waals surface area contributed by atoms with Crippen LogP contribution in [0, 0.1) is 11.8 Å². The smallest absolute Gasteiger partial charge is 0.0722 e. The van der Waals surface area contributed by atoms with Crippen LogP contribution >= 0.6 is 0 Å². The zero-order chi connectivity index (χ0) is 10.6. The fourth-order valence-electron chi connectivity index (χ4n) is 1.06. The molecule has 0 radical (unpaired) electrons. The molecule has 0 heterocycles. The van der Waals surface area contributed by atoms with Crippen molar-refractivity contribution in [2.24, 2.45) is 5.73 Å². The van der Waals surface area contributed by atoms with Crippen LogP contribution in [0.15, 0.2) is 24.3 Å². The van der Waals surface area contributed by atoms with E-state index in [-0.39, 0.29) is 0 Å². The second kappa shape index (κ2) is 4.30. The average Bonchev–Trinajstić information content (AvgIpc) is 2.14. The second-order valence-electron chi connectivity index (χ2n) is 4.02. The van der Waals surface area contributed by atoms with Gasteiger partial charge in [-0.3, -0.25) is 0 Å². The van der Waals surface area contributed by atoms with E-state index < -0.39 is 5.54 Å². The summed E-state index contributed by atoms with van der Waals surface area (Å²) in [4.78, 5) is 0. The van der Waals surface area contributed by atoms with E-state index in [1.54, 1.807) is 0 Å². The summed E-state index contributed by atoms with van der Waals surface area (Å²) in [6, 6.07) is 8.29. The monoisotopic (exact) mass is 187 g/mol. The lowest BCUT2D eigenvalue weighted by atomic mass is 10.1. The Labute approximate surface area is 86.3 Å². The van der Waals surface area contributed by atoms with E-state index in [9.17, 15) is 0 Å². The van der Waals surface area contributed by atoms with Crippen LogP contribution in [-0.2, 0) is 6.42 Å². The first-order valence-electron chi connectivity index (χ1n) is 4.92. The van der Waals surface area contributed by atoms with Gasteiger partial charge in [-0.25, -0.2) is 0 Å². The molecule has 0 atom stereocenters. The van der Waals surface area contributed by atoms with Crippen LogP contribution in [0.5, 0.6) is 0 Å². The highest BCUT2D eigenvalue weighted by molar-refractivity contribution is 5.37. The van der Waals surface area contributed by atoms with Gasteiger partial charge in [0.15, 0.2) is 0 Å². The summed E-state index contributed by atoms with van der Waals surface area (Å²) in [5.74, 6) is 6.06. The first-order chi connectivity index (χ1) is 6.51. The van der Waals surface area contributed by atoms with Gasteiger partial charge >= 0.3 is 0 Å². The molecule has 1 aromatic rings. The van der Waals surface area contributed by atoms with Crippen LogP contribution in [0.3, 0.4) is 0 Å². The molecule has 0 aliphatic rings. The molecule has 0 aliphatic carbocycles. The molecule has 0 bridgehead atoms. The molecule has 14 heavy (non-hydrogen) atoms. The van der Waals surface area contributed by atoms with Gasteiger partial charge in [-0.05, 0) is 38.0 Å². The van der Waals surface area contributed by atoms with Gasteiger partial charge < -0.3 is 5.73 Å². The molecule has 1 rings (SSSR count). The van der Waals surface area contributed by atoms with Gasteiger partial charge in [0.25, 0.3) is 0 Å². The zero-order valence-electron chi connectivity index (χ0n) is 9.09. The molecule has 0 saturated carbocycles. The molecule has 74 valence electrons. The van der Waals surface area contributed by atoms with Crippen molar-refractivity contribution in [3.8, 4) is 11.8 Å². The van der Waals surface area contributed by atoms with Gasteiger partial charge in [0, 0.05) is 5.56 Å². The largest absolute Gasteiger partial charge is 0.316 e. The molecule has 0 aromatic heterocycles. The molecule has 0 amide bonds. The minimum absolute atomic E-state index is 0.413. The molecule has 0 unspecified atom stereocenters. The lowest BCUT2D eigenvalue weighted by molar-refractivity contribution is 0.680. The minimum atomic E-state index is -0.413. The minimum Gasteiger partial charge on any atom is -0.316 e. The van der Waals surface area contributed by atoms with Gasteiger partial charge in [-0.1, -0.05) is 30.9 Å². The summed E-state index contributed by atoms with van der Waals surface area (Å²) >= 11 is 0. The van der Waals surface area contributed by atoms with Crippen molar-refractivity contribution in [2.75, 3.05) is 0 Å². The van der Waals surface area contributed by atoms with Crippen LogP contribution < -0.4 is 5.73 Å².